The molecule has 0 saturated carbocycles. The summed E-state index contributed by atoms with van der Waals surface area (Å²) in [6.45, 7) is 0. The number of nitrogens with one attached hydrogen (secondary N) is 1. The second kappa shape index (κ2) is 4.48. The summed E-state index contributed by atoms with van der Waals surface area (Å²) < 4.78 is 0. The molecule has 0 aliphatic carbocycles. The lowest BCUT2D eigenvalue weighted by Gasteiger charge is -1.94. The SMILES string of the molecule is NC(=Nc1ccccc1Cl)[NH+]=C(N)N. The van der Waals surface area contributed by atoms with E-state index < -0.39 is 0 Å². The summed E-state index contributed by atoms with van der Waals surface area (Å²) in [5.74, 6) is 0.0800. The Balaban J connectivity index is 2.98. The molecule has 0 spiro atoms. The number of halogens is 1. The van der Waals surface area contributed by atoms with Gasteiger partial charge in [-0.05, 0) is 12.1 Å². The molecule has 1 aromatic rings. The number of hydrogen-bond acceptors (Lipinski definition) is 1. The fourth-order valence-corrected chi connectivity index (χ4v) is 1.03. The van der Waals surface area contributed by atoms with E-state index in [0.29, 0.717) is 10.7 Å². The molecule has 0 bridgehead atoms. The van der Waals surface area contributed by atoms with Gasteiger partial charge in [0.2, 0.25) is 0 Å². The van der Waals surface area contributed by atoms with E-state index in [0.717, 1.165) is 0 Å². The Labute approximate surface area is 86.3 Å². The van der Waals surface area contributed by atoms with Crippen molar-refractivity contribution in [3.8, 4) is 0 Å². The van der Waals surface area contributed by atoms with Crippen molar-refractivity contribution in [3.63, 3.8) is 0 Å². The van der Waals surface area contributed by atoms with Gasteiger partial charge in [0.25, 0.3) is 5.96 Å². The van der Waals surface area contributed by atoms with Gasteiger partial charge in [-0.3, -0.25) is 0 Å². The predicted octanol–water partition coefficient (Wildman–Crippen LogP) is -1.36. The van der Waals surface area contributed by atoms with E-state index in [2.05, 4.69) is 9.98 Å². The Hall–Kier alpha value is -1.75. The molecular formula is C8H11ClN5+. The van der Waals surface area contributed by atoms with Gasteiger partial charge in [-0.2, -0.15) is 0 Å². The van der Waals surface area contributed by atoms with Crippen LogP contribution in [0.3, 0.4) is 0 Å². The molecule has 0 heterocycles. The Morgan fingerprint density at radius 1 is 1.21 bits per heavy atom. The highest BCUT2D eigenvalue weighted by Crippen LogP contribution is 2.22. The maximum absolute atomic E-state index is 5.85. The zero-order chi connectivity index (χ0) is 10.6. The summed E-state index contributed by atoms with van der Waals surface area (Å²) in [5.41, 5.74) is 16.4. The number of hydrogen-bond donors (Lipinski definition) is 4. The number of nitrogens with zero attached hydrogens (tertiary/aromatic N) is 1. The molecule has 0 saturated heterocycles. The zero-order valence-electron chi connectivity index (χ0n) is 7.37. The highest BCUT2D eigenvalue weighted by Gasteiger charge is 2.00. The van der Waals surface area contributed by atoms with E-state index in [4.69, 9.17) is 28.8 Å². The standard InChI is InChI=1S/C8H10ClN5/c9-5-3-1-2-4-6(5)13-8(12)14-7(10)11/h1-4H,(H6,10,11,12,13,14)/p+1. The average molecular weight is 213 g/mol. The third-order valence-electron chi connectivity index (χ3n) is 1.37. The minimum atomic E-state index is -0.0155. The van der Waals surface area contributed by atoms with Crippen LogP contribution in [0.15, 0.2) is 29.3 Å². The highest BCUT2D eigenvalue weighted by molar-refractivity contribution is 6.33. The maximum Gasteiger partial charge on any atom is 0.316 e. The number of benzene rings is 1. The first-order valence-corrected chi connectivity index (χ1v) is 4.21. The first-order valence-electron chi connectivity index (χ1n) is 3.83. The van der Waals surface area contributed by atoms with Crippen LogP contribution >= 0.6 is 11.6 Å². The van der Waals surface area contributed by atoms with Crippen molar-refractivity contribution < 1.29 is 4.99 Å². The lowest BCUT2D eigenvalue weighted by molar-refractivity contribution is -0.320. The highest BCUT2D eigenvalue weighted by atomic mass is 35.5. The van der Waals surface area contributed by atoms with E-state index in [1.165, 1.54) is 0 Å². The molecule has 0 fully saturated rings. The Morgan fingerprint density at radius 2 is 1.86 bits per heavy atom. The number of para-hydroxylation sites is 1. The molecular weight excluding hydrogens is 202 g/mol. The summed E-state index contributed by atoms with van der Waals surface area (Å²) in [4.78, 5) is 6.43. The molecule has 0 aliphatic rings. The first-order chi connectivity index (χ1) is 6.59. The number of guanidine groups is 2. The zero-order valence-corrected chi connectivity index (χ0v) is 8.12. The smallest absolute Gasteiger partial charge is 0.316 e. The van der Waals surface area contributed by atoms with Crippen LogP contribution in [0.4, 0.5) is 5.69 Å². The number of rotatable bonds is 1. The molecule has 14 heavy (non-hydrogen) atoms. The van der Waals surface area contributed by atoms with Gasteiger partial charge in [-0.1, -0.05) is 23.7 Å². The molecule has 0 aliphatic heterocycles. The van der Waals surface area contributed by atoms with E-state index in [1.54, 1.807) is 24.3 Å². The van der Waals surface area contributed by atoms with Crippen LogP contribution < -0.4 is 22.2 Å². The number of aliphatic imine (C=N–C) groups is 1. The molecule has 0 atom stereocenters. The van der Waals surface area contributed by atoms with Crippen molar-refractivity contribution in [3.05, 3.63) is 29.3 Å². The van der Waals surface area contributed by atoms with Gasteiger partial charge in [0, 0.05) is 0 Å². The van der Waals surface area contributed by atoms with Crippen LogP contribution in [0.25, 0.3) is 0 Å². The van der Waals surface area contributed by atoms with E-state index >= 15 is 0 Å². The fourth-order valence-electron chi connectivity index (χ4n) is 0.848. The summed E-state index contributed by atoms with van der Waals surface area (Å²) in [5, 5.41) is 0.507. The van der Waals surface area contributed by atoms with Crippen molar-refractivity contribution in [1.29, 1.82) is 0 Å². The van der Waals surface area contributed by atoms with Gasteiger partial charge < -0.3 is 17.2 Å². The molecule has 1 rings (SSSR count). The minimum absolute atomic E-state index is 0.0155. The quantitative estimate of drug-likeness (QED) is 0.341. The van der Waals surface area contributed by atoms with Crippen molar-refractivity contribution in [2.24, 2.45) is 22.2 Å². The van der Waals surface area contributed by atoms with Crippen molar-refractivity contribution in [1.82, 2.24) is 0 Å². The van der Waals surface area contributed by atoms with Gasteiger partial charge in [0.05, 0.1) is 5.02 Å². The summed E-state index contributed by atoms with van der Waals surface area (Å²) in [6.07, 6.45) is 0. The van der Waals surface area contributed by atoms with E-state index in [-0.39, 0.29) is 11.9 Å². The minimum Gasteiger partial charge on any atom is -0.323 e. The molecule has 6 heteroatoms. The van der Waals surface area contributed by atoms with Gasteiger partial charge in [-0.15, -0.1) is 4.99 Å². The molecule has 5 nitrogen and oxygen atoms in total. The van der Waals surface area contributed by atoms with Gasteiger partial charge in [0.15, 0.2) is 0 Å². The van der Waals surface area contributed by atoms with Gasteiger partial charge in [-0.25, -0.2) is 4.99 Å². The van der Waals surface area contributed by atoms with Crippen LogP contribution in [0, 0.1) is 0 Å². The monoisotopic (exact) mass is 212 g/mol. The Bertz CT molecular complexity index is 381. The summed E-state index contributed by atoms with van der Waals surface area (Å²) in [7, 11) is 0. The molecule has 74 valence electrons. The lowest BCUT2D eigenvalue weighted by atomic mass is 10.3. The van der Waals surface area contributed by atoms with Gasteiger partial charge in [0.1, 0.15) is 5.69 Å². The van der Waals surface area contributed by atoms with E-state index in [1.807, 2.05) is 0 Å². The molecule has 0 unspecified atom stereocenters. The van der Waals surface area contributed by atoms with Crippen LogP contribution in [0.1, 0.15) is 0 Å². The molecule has 7 N–H and O–H groups in total. The van der Waals surface area contributed by atoms with Crippen LogP contribution in [-0.2, 0) is 0 Å². The second-order valence-corrected chi connectivity index (χ2v) is 2.94. The third kappa shape index (κ3) is 2.95. The molecule has 0 radical (unpaired) electrons. The van der Waals surface area contributed by atoms with Crippen molar-refractivity contribution in [2.75, 3.05) is 0 Å². The summed E-state index contributed by atoms with van der Waals surface area (Å²) >= 11 is 5.85. The maximum atomic E-state index is 5.85. The first kappa shape index (κ1) is 10.3. The second-order valence-electron chi connectivity index (χ2n) is 2.53. The Kier molecular flexibility index (Phi) is 3.30. The largest absolute Gasteiger partial charge is 0.323 e. The van der Waals surface area contributed by atoms with Gasteiger partial charge >= 0.3 is 5.96 Å². The normalized spacial score (nSPS) is 11.1. The summed E-state index contributed by atoms with van der Waals surface area (Å²) in [6, 6.07) is 7.04. The van der Waals surface area contributed by atoms with E-state index in [9.17, 15) is 0 Å². The van der Waals surface area contributed by atoms with Crippen molar-refractivity contribution in [2.45, 2.75) is 0 Å². The molecule has 0 aromatic heterocycles. The average Bonchev–Trinajstić information content (AvgIpc) is 2.07. The topological polar surface area (TPSA) is 104 Å². The lowest BCUT2D eigenvalue weighted by Crippen LogP contribution is -2.84. The Morgan fingerprint density at radius 3 is 2.43 bits per heavy atom. The number of nitrogens with two attached hydrogens (primary N) is 3. The predicted molar refractivity (Wildman–Crippen MR) is 57.1 cm³/mol. The van der Waals surface area contributed by atoms with Crippen LogP contribution in [0.2, 0.25) is 5.02 Å². The third-order valence-corrected chi connectivity index (χ3v) is 1.69. The van der Waals surface area contributed by atoms with Crippen LogP contribution in [0.5, 0.6) is 0 Å². The van der Waals surface area contributed by atoms with Crippen LogP contribution in [-0.4, -0.2) is 11.9 Å². The van der Waals surface area contributed by atoms with Crippen molar-refractivity contribution >= 4 is 29.2 Å². The molecule has 1 aromatic carbocycles. The molecule has 0 amide bonds. The fraction of sp³-hybridized carbons (Fsp3) is 0.